The van der Waals surface area contributed by atoms with Gasteiger partial charge in [-0.15, -0.1) is 0 Å². The summed E-state index contributed by atoms with van der Waals surface area (Å²) in [6, 6.07) is 8.83. The Morgan fingerprint density at radius 2 is 1.39 bits per heavy atom. The fourth-order valence-corrected chi connectivity index (χ4v) is 9.49. The highest BCUT2D eigenvalue weighted by Gasteiger charge is 2.68. The normalized spacial score (nSPS) is 13.5. The molecular weight excluding hydrogens is 531 g/mol. The summed E-state index contributed by atoms with van der Waals surface area (Å²) in [7, 11) is -9.57. The minimum absolute atomic E-state index is 0.359. The summed E-state index contributed by atoms with van der Waals surface area (Å²) >= 11 is 0. The Labute approximate surface area is 223 Å². The topological polar surface area (TPSA) is 113 Å². The summed E-state index contributed by atoms with van der Waals surface area (Å²) in [5.41, 5.74) is 2.47. The van der Waals surface area contributed by atoms with Crippen LogP contribution < -0.4 is 0 Å². The van der Waals surface area contributed by atoms with Crippen LogP contribution in [0.25, 0.3) is 22.2 Å². The van der Waals surface area contributed by atoms with E-state index in [4.69, 9.17) is 18.1 Å². The van der Waals surface area contributed by atoms with Gasteiger partial charge in [0, 0.05) is 23.6 Å². The van der Waals surface area contributed by atoms with Crippen LogP contribution in [0, 0.1) is 0 Å². The number of nitrogens with one attached hydrogen (secondary N) is 1. The molecule has 1 aromatic carbocycles. The van der Waals surface area contributed by atoms with E-state index in [0.29, 0.717) is 11.3 Å². The van der Waals surface area contributed by atoms with Crippen LogP contribution in [0.15, 0.2) is 42.7 Å². The van der Waals surface area contributed by atoms with Gasteiger partial charge in [-0.3, -0.25) is 19.2 Å². The molecule has 1 N–H and O–H groups in total. The maximum atomic E-state index is 17.7. The Morgan fingerprint density at radius 3 is 1.89 bits per heavy atom. The van der Waals surface area contributed by atoms with E-state index in [1.165, 1.54) is 6.20 Å². The van der Waals surface area contributed by atoms with E-state index in [1.807, 2.05) is 18.2 Å². The van der Waals surface area contributed by atoms with Gasteiger partial charge in [0.2, 0.25) is 0 Å². The number of fused-ring (bicyclic) bond motifs is 1. The first-order chi connectivity index (χ1) is 17.7. The quantitative estimate of drug-likeness (QED) is 0.207. The summed E-state index contributed by atoms with van der Waals surface area (Å²) in [6.45, 7) is 12.8. The molecule has 210 valence electrons. The van der Waals surface area contributed by atoms with Crippen LogP contribution in [-0.2, 0) is 33.6 Å². The molecule has 0 saturated heterocycles. The number of aromatic nitrogens is 3. The smallest absolute Gasteiger partial charge is 0.303 e. The molecule has 0 aliphatic carbocycles. The van der Waals surface area contributed by atoms with Crippen molar-refractivity contribution in [2.75, 3.05) is 0 Å². The third-order valence-corrected chi connectivity index (χ3v) is 11.5. The van der Waals surface area contributed by atoms with Crippen molar-refractivity contribution in [3.8, 4) is 11.3 Å². The number of alkyl halides is 1. The molecular formula is C26H38FN3O6P2. The van der Waals surface area contributed by atoms with Gasteiger partial charge in [0.05, 0.1) is 41.8 Å². The van der Waals surface area contributed by atoms with Gasteiger partial charge >= 0.3 is 20.3 Å². The molecule has 2 aromatic heterocycles. The fourth-order valence-electron chi connectivity index (χ4n) is 4.01. The number of H-pyrrole nitrogens is 1. The molecule has 3 aromatic rings. The van der Waals surface area contributed by atoms with Gasteiger partial charge in [-0.05, 0) is 79.2 Å². The third kappa shape index (κ3) is 6.61. The van der Waals surface area contributed by atoms with Crippen molar-refractivity contribution < 1.29 is 31.6 Å². The lowest BCUT2D eigenvalue weighted by Gasteiger charge is -2.39. The van der Waals surface area contributed by atoms with Gasteiger partial charge in [-0.25, -0.2) is 4.39 Å². The van der Waals surface area contributed by atoms with Gasteiger partial charge in [0.15, 0.2) is 0 Å². The van der Waals surface area contributed by atoms with Gasteiger partial charge in [-0.2, -0.15) is 5.10 Å². The molecule has 0 fully saturated rings. The summed E-state index contributed by atoms with van der Waals surface area (Å²) < 4.78 is 69.1. The number of rotatable bonds is 13. The highest BCUT2D eigenvalue weighted by molar-refractivity contribution is 7.74. The van der Waals surface area contributed by atoms with E-state index >= 15 is 4.39 Å². The summed E-state index contributed by atoms with van der Waals surface area (Å²) in [6.07, 6.45) is -0.237. The predicted molar refractivity (Wildman–Crippen MR) is 147 cm³/mol. The summed E-state index contributed by atoms with van der Waals surface area (Å²) in [4.78, 5) is 4.46. The largest absolute Gasteiger partial charge is 0.381 e. The second kappa shape index (κ2) is 12.1. The summed E-state index contributed by atoms with van der Waals surface area (Å²) in [5.74, 6) is 0. The van der Waals surface area contributed by atoms with Crippen LogP contribution in [-0.4, -0.2) is 44.7 Å². The average Bonchev–Trinajstić information content (AvgIpc) is 3.25. The van der Waals surface area contributed by atoms with E-state index in [9.17, 15) is 9.13 Å². The highest BCUT2D eigenvalue weighted by atomic mass is 31.2. The number of hydrogen-bond donors (Lipinski definition) is 1. The standard InChI is InChI=1S/C26H38FN3O6P2/c1-17(2)33-37(31,34-18(3)4)26(27,38(32,35-19(5)6)36-20(7)8)15-21-12-13-28-25(14-21)22-10-9-11-24-23(22)16-29-30-24/h9-14,16-20H,15H2,1-8H3,(H,29,30). The van der Waals surface area contributed by atoms with Crippen molar-refractivity contribution in [1.29, 1.82) is 0 Å². The molecule has 0 spiro atoms. The molecule has 2 heterocycles. The Balaban J connectivity index is 2.21. The van der Waals surface area contributed by atoms with Gasteiger partial charge in [0.25, 0.3) is 0 Å². The molecule has 12 heteroatoms. The second-order valence-corrected chi connectivity index (χ2v) is 14.8. The molecule has 0 aliphatic rings. The summed E-state index contributed by atoms with van der Waals surface area (Å²) in [5, 5.41) is 4.68. The Bertz CT molecular complexity index is 1260. The molecule has 0 amide bonds. The van der Waals surface area contributed by atoms with E-state index < -0.39 is 51.2 Å². The zero-order chi connectivity index (χ0) is 28.3. The van der Waals surface area contributed by atoms with Crippen molar-refractivity contribution in [1.82, 2.24) is 15.2 Å². The molecule has 38 heavy (non-hydrogen) atoms. The molecule has 0 aliphatic heterocycles. The Morgan fingerprint density at radius 1 is 0.868 bits per heavy atom. The van der Waals surface area contributed by atoms with Crippen molar-refractivity contribution >= 4 is 26.1 Å². The molecule has 0 atom stereocenters. The zero-order valence-corrected chi connectivity index (χ0v) is 25.0. The number of hydrogen-bond acceptors (Lipinski definition) is 8. The molecule has 0 radical (unpaired) electrons. The van der Waals surface area contributed by atoms with Crippen molar-refractivity contribution in [3.63, 3.8) is 0 Å². The van der Waals surface area contributed by atoms with Gasteiger partial charge < -0.3 is 18.1 Å². The Hall–Kier alpha value is -1.93. The van der Waals surface area contributed by atoms with Gasteiger partial charge in [0.1, 0.15) is 0 Å². The minimum atomic E-state index is -4.78. The number of nitrogens with zero attached hydrogens (tertiary/aromatic N) is 2. The van der Waals surface area contributed by atoms with Crippen molar-refractivity contribution in [3.05, 3.63) is 48.3 Å². The number of pyridine rings is 1. The molecule has 0 unspecified atom stereocenters. The van der Waals surface area contributed by atoms with Crippen LogP contribution in [0.5, 0.6) is 0 Å². The monoisotopic (exact) mass is 569 g/mol. The maximum Gasteiger partial charge on any atom is 0.381 e. The van der Waals surface area contributed by atoms with Crippen molar-refractivity contribution in [2.45, 2.75) is 91.4 Å². The minimum Gasteiger partial charge on any atom is -0.303 e. The number of halogens is 1. The molecule has 0 bridgehead atoms. The zero-order valence-electron chi connectivity index (χ0n) is 23.2. The first-order valence-corrected chi connectivity index (χ1v) is 15.8. The third-order valence-electron chi connectivity index (χ3n) is 5.25. The number of aromatic amines is 1. The number of benzene rings is 1. The van der Waals surface area contributed by atoms with Crippen LogP contribution >= 0.6 is 15.2 Å². The van der Waals surface area contributed by atoms with E-state index in [2.05, 4.69) is 15.2 Å². The predicted octanol–water partition coefficient (Wildman–Crippen LogP) is 7.88. The molecule has 3 rings (SSSR count). The first-order valence-electron chi connectivity index (χ1n) is 12.7. The molecule has 9 nitrogen and oxygen atoms in total. The van der Waals surface area contributed by atoms with Crippen LogP contribution in [0.2, 0.25) is 0 Å². The lowest BCUT2D eigenvalue weighted by atomic mass is 10.0. The van der Waals surface area contributed by atoms with E-state index in [-0.39, 0.29) is 0 Å². The lowest BCUT2D eigenvalue weighted by Crippen LogP contribution is -2.34. The van der Waals surface area contributed by atoms with Crippen LogP contribution in [0.4, 0.5) is 4.39 Å². The maximum absolute atomic E-state index is 17.7. The van der Waals surface area contributed by atoms with Crippen molar-refractivity contribution in [2.24, 2.45) is 0 Å². The van der Waals surface area contributed by atoms with Crippen LogP contribution in [0.3, 0.4) is 0 Å². The average molecular weight is 570 g/mol. The van der Waals surface area contributed by atoms with Gasteiger partial charge in [-0.1, -0.05) is 12.1 Å². The Kier molecular flexibility index (Phi) is 9.72. The van der Waals surface area contributed by atoms with E-state index in [0.717, 1.165) is 16.5 Å². The van der Waals surface area contributed by atoms with Crippen LogP contribution in [0.1, 0.15) is 61.0 Å². The SMILES string of the molecule is CC(C)OP(=O)(OC(C)C)C(F)(Cc1ccnc(-c2cccc3[nH]ncc23)c1)P(=O)(OC(C)C)OC(C)C. The highest BCUT2D eigenvalue weighted by Crippen LogP contribution is 2.80. The fraction of sp³-hybridized carbons (Fsp3) is 0.538. The lowest BCUT2D eigenvalue weighted by molar-refractivity contribution is 0.0807. The first kappa shape index (κ1) is 30.6. The molecule has 0 saturated carbocycles. The van der Waals surface area contributed by atoms with E-state index in [1.54, 1.807) is 73.7 Å². The second-order valence-electron chi connectivity index (χ2n) is 10.2.